The molecular weight excluding hydrogens is 340 g/mol. The maximum atomic E-state index is 12.4. The number of hydrogen-bond acceptors (Lipinski definition) is 3. The maximum Gasteiger partial charge on any atom is 0.251 e. The van der Waals surface area contributed by atoms with Crippen molar-refractivity contribution in [2.45, 2.75) is 31.6 Å². The highest BCUT2D eigenvalue weighted by Crippen LogP contribution is 2.29. The standard InChI is InChI=1S/C22H26N2O3/c25-20-10-8-17(9-11-20)18-12-15-24(16-13-18)21(26)7-4-14-23-22(27)19-5-2-1-3-6-19/h1-3,5-6,8-11,18,25H,4,7,12-16H2,(H,23,27). The topological polar surface area (TPSA) is 69.6 Å². The molecule has 1 fully saturated rings. The van der Waals surface area contributed by atoms with Gasteiger partial charge in [-0.25, -0.2) is 0 Å². The summed E-state index contributed by atoms with van der Waals surface area (Å²) in [6.07, 6.45) is 3.00. The van der Waals surface area contributed by atoms with Gasteiger partial charge in [-0.3, -0.25) is 9.59 Å². The molecule has 3 rings (SSSR count). The molecular formula is C22H26N2O3. The van der Waals surface area contributed by atoms with Gasteiger partial charge in [0.2, 0.25) is 5.91 Å². The quantitative estimate of drug-likeness (QED) is 0.771. The molecule has 1 heterocycles. The Balaban J connectivity index is 1.36. The minimum absolute atomic E-state index is 0.0993. The van der Waals surface area contributed by atoms with Crippen LogP contribution in [-0.2, 0) is 4.79 Å². The molecule has 0 aliphatic carbocycles. The molecule has 27 heavy (non-hydrogen) atoms. The molecule has 0 radical (unpaired) electrons. The summed E-state index contributed by atoms with van der Waals surface area (Å²) in [7, 11) is 0. The van der Waals surface area contributed by atoms with Crippen LogP contribution in [0.1, 0.15) is 47.5 Å². The van der Waals surface area contributed by atoms with Crippen molar-refractivity contribution in [3.63, 3.8) is 0 Å². The van der Waals surface area contributed by atoms with Gasteiger partial charge in [0, 0.05) is 31.6 Å². The third-order valence-corrected chi connectivity index (χ3v) is 5.10. The molecule has 5 heteroatoms. The molecule has 0 unspecified atom stereocenters. The molecule has 2 amide bonds. The summed E-state index contributed by atoms with van der Waals surface area (Å²) in [4.78, 5) is 26.3. The van der Waals surface area contributed by atoms with Crippen molar-refractivity contribution in [1.82, 2.24) is 10.2 Å². The number of hydrogen-bond donors (Lipinski definition) is 2. The van der Waals surface area contributed by atoms with Crippen LogP contribution in [0.15, 0.2) is 54.6 Å². The van der Waals surface area contributed by atoms with Gasteiger partial charge >= 0.3 is 0 Å². The number of aromatic hydroxyl groups is 1. The first-order chi connectivity index (χ1) is 13.1. The number of carbonyl (C=O) groups is 2. The zero-order chi connectivity index (χ0) is 19.1. The molecule has 0 spiro atoms. The van der Waals surface area contributed by atoms with Gasteiger partial charge in [0.05, 0.1) is 0 Å². The van der Waals surface area contributed by atoms with Gasteiger partial charge < -0.3 is 15.3 Å². The van der Waals surface area contributed by atoms with Crippen LogP contribution in [0.4, 0.5) is 0 Å². The minimum atomic E-state index is -0.0993. The third kappa shape index (κ3) is 5.33. The Hall–Kier alpha value is -2.82. The lowest BCUT2D eigenvalue weighted by atomic mass is 9.89. The Kier molecular flexibility index (Phi) is 6.47. The Bertz CT molecular complexity index is 751. The highest BCUT2D eigenvalue weighted by molar-refractivity contribution is 5.94. The van der Waals surface area contributed by atoms with E-state index < -0.39 is 0 Å². The number of piperidine rings is 1. The lowest BCUT2D eigenvalue weighted by molar-refractivity contribution is -0.132. The van der Waals surface area contributed by atoms with Crippen LogP contribution in [0.25, 0.3) is 0 Å². The fourth-order valence-electron chi connectivity index (χ4n) is 3.50. The van der Waals surface area contributed by atoms with Crippen molar-refractivity contribution in [1.29, 1.82) is 0 Å². The van der Waals surface area contributed by atoms with Crippen molar-refractivity contribution in [3.8, 4) is 5.75 Å². The van der Waals surface area contributed by atoms with Gasteiger partial charge in [0.1, 0.15) is 5.75 Å². The number of carbonyl (C=O) groups excluding carboxylic acids is 2. The van der Waals surface area contributed by atoms with E-state index in [1.54, 1.807) is 24.3 Å². The zero-order valence-corrected chi connectivity index (χ0v) is 15.4. The number of phenolic OH excluding ortho intramolecular Hbond substituents is 1. The van der Waals surface area contributed by atoms with Gasteiger partial charge in [0.15, 0.2) is 0 Å². The number of amides is 2. The second kappa shape index (κ2) is 9.21. The van der Waals surface area contributed by atoms with Crippen LogP contribution in [-0.4, -0.2) is 41.5 Å². The van der Waals surface area contributed by atoms with Crippen molar-refractivity contribution >= 4 is 11.8 Å². The van der Waals surface area contributed by atoms with Crippen LogP contribution in [0.5, 0.6) is 5.75 Å². The summed E-state index contributed by atoms with van der Waals surface area (Å²) in [5.41, 5.74) is 1.86. The Labute approximate surface area is 160 Å². The third-order valence-electron chi connectivity index (χ3n) is 5.10. The first kappa shape index (κ1) is 19.0. The van der Waals surface area contributed by atoms with Gasteiger partial charge in [-0.1, -0.05) is 30.3 Å². The Morgan fingerprint density at radius 2 is 1.67 bits per heavy atom. The van der Waals surface area contributed by atoms with E-state index in [1.165, 1.54) is 5.56 Å². The second-order valence-corrected chi connectivity index (χ2v) is 6.97. The van der Waals surface area contributed by atoms with Crippen molar-refractivity contribution in [3.05, 3.63) is 65.7 Å². The number of rotatable bonds is 6. The van der Waals surface area contributed by atoms with E-state index in [0.717, 1.165) is 25.9 Å². The fourth-order valence-corrected chi connectivity index (χ4v) is 3.50. The number of phenols is 1. The van der Waals surface area contributed by atoms with Crippen LogP contribution in [0.3, 0.4) is 0 Å². The lowest BCUT2D eigenvalue weighted by Gasteiger charge is -2.32. The van der Waals surface area contributed by atoms with Crippen molar-refractivity contribution in [2.24, 2.45) is 0 Å². The smallest absolute Gasteiger partial charge is 0.251 e. The number of nitrogens with zero attached hydrogens (tertiary/aromatic N) is 1. The molecule has 0 aromatic heterocycles. The maximum absolute atomic E-state index is 12.4. The van der Waals surface area contributed by atoms with Gasteiger partial charge in [0.25, 0.3) is 5.91 Å². The van der Waals surface area contributed by atoms with Crippen LogP contribution >= 0.6 is 0 Å². The summed E-state index contributed by atoms with van der Waals surface area (Å²) in [6.45, 7) is 2.03. The molecule has 1 saturated heterocycles. The molecule has 5 nitrogen and oxygen atoms in total. The minimum Gasteiger partial charge on any atom is -0.508 e. The Morgan fingerprint density at radius 1 is 1.00 bits per heavy atom. The van der Waals surface area contributed by atoms with E-state index in [4.69, 9.17) is 0 Å². The number of benzene rings is 2. The molecule has 142 valence electrons. The predicted molar refractivity (Wildman–Crippen MR) is 105 cm³/mol. The summed E-state index contributed by atoms with van der Waals surface area (Å²) in [5, 5.41) is 12.3. The largest absolute Gasteiger partial charge is 0.508 e. The monoisotopic (exact) mass is 366 g/mol. The fraction of sp³-hybridized carbons (Fsp3) is 0.364. The molecule has 2 N–H and O–H groups in total. The summed E-state index contributed by atoms with van der Waals surface area (Å²) >= 11 is 0. The van der Waals surface area contributed by atoms with E-state index in [0.29, 0.717) is 30.9 Å². The number of nitrogens with one attached hydrogen (secondary N) is 1. The average molecular weight is 366 g/mol. The van der Waals surface area contributed by atoms with Gasteiger partial charge in [-0.05, 0) is 55.0 Å². The van der Waals surface area contributed by atoms with E-state index in [2.05, 4.69) is 5.32 Å². The van der Waals surface area contributed by atoms with Crippen LogP contribution < -0.4 is 5.32 Å². The van der Waals surface area contributed by atoms with Gasteiger partial charge in [-0.15, -0.1) is 0 Å². The molecule has 2 aromatic rings. The predicted octanol–water partition coefficient (Wildman–Crippen LogP) is 3.31. The first-order valence-electron chi connectivity index (χ1n) is 9.53. The molecule has 0 atom stereocenters. The number of likely N-dealkylation sites (tertiary alicyclic amines) is 1. The normalized spacial score (nSPS) is 14.7. The van der Waals surface area contributed by atoms with E-state index in [9.17, 15) is 14.7 Å². The van der Waals surface area contributed by atoms with E-state index >= 15 is 0 Å². The highest BCUT2D eigenvalue weighted by atomic mass is 16.3. The highest BCUT2D eigenvalue weighted by Gasteiger charge is 2.23. The molecule has 1 aliphatic heterocycles. The zero-order valence-electron chi connectivity index (χ0n) is 15.4. The first-order valence-corrected chi connectivity index (χ1v) is 9.53. The SMILES string of the molecule is O=C(NCCCC(=O)N1CCC(c2ccc(O)cc2)CC1)c1ccccc1. The van der Waals surface area contributed by atoms with Crippen LogP contribution in [0, 0.1) is 0 Å². The average Bonchev–Trinajstić information content (AvgIpc) is 2.72. The van der Waals surface area contributed by atoms with Gasteiger partial charge in [-0.2, -0.15) is 0 Å². The summed E-state index contributed by atoms with van der Waals surface area (Å²) in [5.74, 6) is 0.788. The molecule has 0 saturated carbocycles. The molecule has 2 aromatic carbocycles. The Morgan fingerprint density at radius 3 is 2.33 bits per heavy atom. The summed E-state index contributed by atoms with van der Waals surface area (Å²) < 4.78 is 0. The van der Waals surface area contributed by atoms with Crippen molar-refractivity contribution < 1.29 is 14.7 Å². The molecule has 1 aliphatic rings. The van der Waals surface area contributed by atoms with E-state index in [-0.39, 0.29) is 17.6 Å². The van der Waals surface area contributed by atoms with Crippen LogP contribution in [0.2, 0.25) is 0 Å². The van der Waals surface area contributed by atoms with E-state index in [1.807, 2.05) is 35.2 Å². The van der Waals surface area contributed by atoms with Crippen molar-refractivity contribution in [2.75, 3.05) is 19.6 Å². The second-order valence-electron chi connectivity index (χ2n) is 6.97. The summed E-state index contributed by atoms with van der Waals surface area (Å²) in [6, 6.07) is 16.5. The lowest BCUT2D eigenvalue weighted by Crippen LogP contribution is -2.38. The molecule has 0 bridgehead atoms.